The molecule has 0 spiro atoms. The molecule has 0 fully saturated rings. The lowest BCUT2D eigenvalue weighted by Gasteiger charge is -2.06. The van der Waals surface area contributed by atoms with Gasteiger partial charge in [-0.3, -0.25) is 9.52 Å². The minimum atomic E-state index is -3.76. The number of carboxylic acids is 1. The van der Waals surface area contributed by atoms with E-state index in [9.17, 15) is 18.0 Å². The molecule has 2 rings (SSSR count). The molecular formula is C14H14N2O5S2. The fourth-order valence-electron chi connectivity index (χ4n) is 1.70. The smallest absolute Gasteiger partial charge is 0.335 e. The summed E-state index contributed by atoms with van der Waals surface area (Å²) in [5.41, 5.74) is 0.341. The Labute approximate surface area is 137 Å². The second kappa shape index (κ2) is 6.80. The highest BCUT2D eigenvalue weighted by atomic mass is 32.2. The predicted molar refractivity (Wildman–Crippen MR) is 86.0 cm³/mol. The number of benzene rings is 1. The van der Waals surface area contributed by atoms with E-state index in [1.165, 1.54) is 37.3 Å². The van der Waals surface area contributed by atoms with E-state index in [0.717, 1.165) is 11.3 Å². The summed E-state index contributed by atoms with van der Waals surface area (Å²) in [4.78, 5) is 22.3. The maximum atomic E-state index is 12.3. The van der Waals surface area contributed by atoms with Crippen molar-refractivity contribution < 1.29 is 23.1 Å². The van der Waals surface area contributed by atoms with Gasteiger partial charge in [-0.25, -0.2) is 13.2 Å². The van der Waals surface area contributed by atoms with Gasteiger partial charge in [-0.1, -0.05) is 0 Å². The first kappa shape index (κ1) is 17.0. The molecule has 1 aromatic carbocycles. The SMILES string of the molecule is CC(=O)NCc1ccc(S(=O)(=O)Nc2ccc(C(=O)O)cc2)s1. The molecule has 1 heterocycles. The number of anilines is 1. The highest BCUT2D eigenvalue weighted by Gasteiger charge is 2.17. The lowest BCUT2D eigenvalue weighted by molar-refractivity contribution is -0.119. The lowest BCUT2D eigenvalue weighted by Crippen LogP contribution is -2.18. The Kier molecular flexibility index (Phi) is 5.02. The van der Waals surface area contributed by atoms with Crippen LogP contribution in [0.2, 0.25) is 0 Å². The largest absolute Gasteiger partial charge is 0.478 e. The average Bonchev–Trinajstić information content (AvgIpc) is 2.95. The van der Waals surface area contributed by atoms with E-state index in [-0.39, 0.29) is 27.9 Å². The summed E-state index contributed by atoms with van der Waals surface area (Å²) in [6.07, 6.45) is 0. The fraction of sp³-hybridized carbons (Fsp3) is 0.143. The van der Waals surface area contributed by atoms with Crippen LogP contribution in [0.3, 0.4) is 0 Å². The number of aromatic carboxylic acids is 1. The van der Waals surface area contributed by atoms with Gasteiger partial charge in [-0.05, 0) is 36.4 Å². The molecule has 0 aliphatic heterocycles. The summed E-state index contributed by atoms with van der Waals surface area (Å²) in [6.45, 7) is 1.65. The van der Waals surface area contributed by atoms with Crippen molar-refractivity contribution in [2.24, 2.45) is 0 Å². The number of hydrogen-bond acceptors (Lipinski definition) is 5. The van der Waals surface area contributed by atoms with E-state index >= 15 is 0 Å². The number of sulfonamides is 1. The monoisotopic (exact) mass is 354 g/mol. The molecule has 122 valence electrons. The van der Waals surface area contributed by atoms with Crippen LogP contribution in [0, 0.1) is 0 Å². The third-order valence-electron chi connectivity index (χ3n) is 2.80. The zero-order chi connectivity index (χ0) is 17.0. The van der Waals surface area contributed by atoms with Crippen LogP contribution in [0.4, 0.5) is 5.69 Å². The Morgan fingerprint density at radius 2 is 1.78 bits per heavy atom. The van der Waals surface area contributed by atoms with Crippen molar-refractivity contribution in [3.8, 4) is 0 Å². The maximum absolute atomic E-state index is 12.3. The van der Waals surface area contributed by atoms with Crippen molar-refractivity contribution in [3.05, 3.63) is 46.8 Å². The molecule has 3 N–H and O–H groups in total. The number of rotatable bonds is 6. The van der Waals surface area contributed by atoms with Gasteiger partial charge in [-0.15, -0.1) is 11.3 Å². The van der Waals surface area contributed by atoms with Gasteiger partial charge in [0.25, 0.3) is 10.0 Å². The van der Waals surface area contributed by atoms with Crippen molar-refractivity contribution in [1.29, 1.82) is 0 Å². The van der Waals surface area contributed by atoms with Crippen LogP contribution < -0.4 is 10.0 Å². The molecule has 2 aromatic rings. The van der Waals surface area contributed by atoms with Crippen LogP contribution in [-0.2, 0) is 21.4 Å². The van der Waals surface area contributed by atoms with Crippen LogP contribution in [0.15, 0.2) is 40.6 Å². The molecule has 0 aliphatic rings. The first-order valence-corrected chi connectivity index (χ1v) is 8.77. The number of carbonyl (C=O) groups is 2. The number of thiophene rings is 1. The van der Waals surface area contributed by atoms with Gasteiger partial charge >= 0.3 is 5.97 Å². The number of amides is 1. The Morgan fingerprint density at radius 1 is 1.13 bits per heavy atom. The van der Waals surface area contributed by atoms with Crippen LogP contribution in [0.5, 0.6) is 0 Å². The van der Waals surface area contributed by atoms with Gasteiger partial charge in [0.1, 0.15) is 4.21 Å². The average molecular weight is 354 g/mol. The number of nitrogens with one attached hydrogen (secondary N) is 2. The molecule has 0 saturated carbocycles. The first-order valence-electron chi connectivity index (χ1n) is 6.47. The molecule has 1 amide bonds. The second-order valence-electron chi connectivity index (χ2n) is 4.62. The molecule has 0 radical (unpaired) electrons. The minimum Gasteiger partial charge on any atom is -0.478 e. The molecule has 0 bridgehead atoms. The van der Waals surface area contributed by atoms with Gasteiger partial charge < -0.3 is 10.4 Å². The van der Waals surface area contributed by atoms with Crippen LogP contribution in [0.25, 0.3) is 0 Å². The number of carboxylic acid groups (broad SMARTS) is 1. The van der Waals surface area contributed by atoms with Crippen molar-refractivity contribution in [3.63, 3.8) is 0 Å². The summed E-state index contributed by atoms with van der Waals surface area (Å²) < 4.78 is 27.0. The maximum Gasteiger partial charge on any atom is 0.335 e. The van der Waals surface area contributed by atoms with Gasteiger partial charge in [0.15, 0.2) is 0 Å². The molecule has 0 aliphatic carbocycles. The van der Waals surface area contributed by atoms with Crippen LogP contribution in [0.1, 0.15) is 22.2 Å². The molecule has 0 saturated heterocycles. The van der Waals surface area contributed by atoms with Crippen molar-refractivity contribution in [1.82, 2.24) is 5.32 Å². The highest BCUT2D eigenvalue weighted by Crippen LogP contribution is 2.24. The van der Waals surface area contributed by atoms with Gasteiger partial charge in [0.2, 0.25) is 5.91 Å². The molecule has 7 nitrogen and oxygen atoms in total. The summed E-state index contributed by atoms with van der Waals surface area (Å²) in [5, 5.41) is 11.4. The van der Waals surface area contributed by atoms with E-state index in [0.29, 0.717) is 4.88 Å². The van der Waals surface area contributed by atoms with Gasteiger partial charge in [0.05, 0.1) is 12.1 Å². The topological polar surface area (TPSA) is 113 Å². The standard InChI is InChI=1S/C14H14N2O5S2/c1-9(17)15-8-12-6-7-13(22-12)23(20,21)16-11-4-2-10(3-5-11)14(18)19/h2-7,16H,8H2,1H3,(H,15,17)(H,18,19). The summed E-state index contributed by atoms with van der Waals surface area (Å²) in [7, 11) is -3.76. The zero-order valence-corrected chi connectivity index (χ0v) is 13.7. The lowest BCUT2D eigenvalue weighted by atomic mass is 10.2. The number of carbonyl (C=O) groups excluding carboxylic acids is 1. The Hall–Kier alpha value is -2.39. The van der Waals surface area contributed by atoms with Crippen LogP contribution >= 0.6 is 11.3 Å². The molecule has 1 aromatic heterocycles. The minimum absolute atomic E-state index is 0.0710. The summed E-state index contributed by atoms with van der Waals surface area (Å²) >= 11 is 1.05. The third kappa shape index (κ3) is 4.54. The van der Waals surface area contributed by atoms with E-state index in [4.69, 9.17) is 5.11 Å². The normalized spacial score (nSPS) is 11.0. The summed E-state index contributed by atoms with van der Waals surface area (Å²) in [5.74, 6) is -1.28. The van der Waals surface area contributed by atoms with Crippen molar-refractivity contribution in [2.75, 3.05) is 4.72 Å². The second-order valence-corrected chi connectivity index (χ2v) is 7.70. The molecule has 0 unspecified atom stereocenters. The highest BCUT2D eigenvalue weighted by molar-refractivity contribution is 7.94. The van der Waals surface area contributed by atoms with Crippen LogP contribution in [-0.4, -0.2) is 25.4 Å². The molecule has 9 heteroatoms. The van der Waals surface area contributed by atoms with E-state index in [1.54, 1.807) is 6.07 Å². The van der Waals surface area contributed by atoms with Crippen molar-refractivity contribution in [2.45, 2.75) is 17.7 Å². The third-order valence-corrected chi connectivity index (χ3v) is 5.76. The molecular weight excluding hydrogens is 340 g/mol. The van der Waals surface area contributed by atoms with Gasteiger partial charge in [-0.2, -0.15) is 0 Å². The molecule has 0 atom stereocenters. The zero-order valence-electron chi connectivity index (χ0n) is 12.1. The van der Waals surface area contributed by atoms with E-state index < -0.39 is 16.0 Å². The van der Waals surface area contributed by atoms with E-state index in [2.05, 4.69) is 10.0 Å². The predicted octanol–water partition coefficient (Wildman–Crippen LogP) is 1.88. The Morgan fingerprint density at radius 3 is 2.35 bits per heavy atom. The Bertz CT molecular complexity index is 825. The van der Waals surface area contributed by atoms with Crippen molar-refractivity contribution >= 4 is 38.9 Å². The Balaban J connectivity index is 2.12. The summed E-state index contributed by atoms with van der Waals surface area (Å²) in [6, 6.07) is 8.48. The number of hydrogen-bond donors (Lipinski definition) is 3. The first-order chi connectivity index (χ1) is 10.8. The van der Waals surface area contributed by atoms with Gasteiger partial charge in [0, 0.05) is 17.5 Å². The molecule has 23 heavy (non-hydrogen) atoms. The van der Waals surface area contributed by atoms with E-state index in [1.807, 2.05) is 0 Å². The fourth-order valence-corrected chi connectivity index (χ4v) is 4.05. The quantitative estimate of drug-likeness (QED) is 0.733.